The smallest absolute Gasteiger partial charge is 0.490 e. The Morgan fingerprint density at radius 2 is 1.72 bits per heavy atom. The van der Waals surface area contributed by atoms with E-state index < -0.39 is 30.5 Å². The molecule has 2 aromatic carbocycles. The number of benzene rings is 2. The Bertz CT molecular complexity index is 1060. The molecule has 0 unspecified atom stereocenters. The van der Waals surface area contributed by atoms with E-state index in [0.717, 1.165) is 37.6 Å². The van der Waals surface area contributed by atoms with Crippen LogP contribution in [0, 0.1) is 11.6 Å². The molecule has 0 aromatic heterocycles. The number of carbonyl (C=O) groups is 2. The third-order valence-corrected chi connectivity index (χ3v) is 5.90. The summed E-state index contributed by atoms with van der Waals surface area (Å²) in [6, 6.07) is 10.4. The van der Waals surface area contributed by atoms with Crippen molar-refractivity contribution in [2.24, 2.45) is 0 Å². The van der Waals surface area contributed by atoms with Crippen LogP contribution in [0.2, 0.25) is 0 Å². The van der Waals surface area contributed by atoms with Crippen LogP contribution in [0.15, 0.2) is 42.5 Å². The molecule has 2 amide bonds. The molecular formula is C26H31F6N3O4. The summed E-state index contributed by atoms with van der Waals surface area (Å²) in [7, 11) is 2.03. The Labute approximate surface area is 222 Å². The van der Waals surface area contributed by atoms with E-state index in [-0.39, 0.29) is 24.2 Å². The fourth-order valence-corrected chi connectivity index (χ4v) is 3.73. The molecule has 1 aliphatic rings. The molecule has 2 aromatic rings. The quantitative estimate of drug-likeness (QED) is 0.326. The summed E-state index contributed by atoms with van der Waals surface area (Å²) in [6.07, 6.45) is -3.16. The number of urea groups is 1. The minimum absolute atomic E-state index is 0.0260. The second-order valence-electron chi connectivity index (χ2n) is 8.89. The van der Waals surface area contributed by atoms with Gasteiger partial charge in [0.15, 0.2) is 0 Å². The summed E-state index contributed by atoms with van der Waals surface area (Å²) in [5.74, 6) is -3.40. The SMILES string of the molecule is CN1CCC(N(Cc2ccc(F)cc2F)C(=O)NCc2ccc(OCCCF)cc2)CC1.O=C(O)C(F)(F)F. The molecule has 1 fully saturated rings. The number of hydrogen-bond donors (Lipinski definition) is 2. The van der Waals surface area contributed by atoms with Crippen LogP contribution in [-0.4, -0.2) is 72.5 Å². The van der Waals surface area contributed by atoms with Crippen LogP contribution < -0.4 is 10.1 Å². The lowest BCUT2D eigenvalue weighted by Gasteiger charge is -2.37. The largest absolute Gasteiger partial charge is 0.494 e. The second-order valence-corrected chi connectivity index (χ2v) is 8.89. The molecule has 0 aliphatic carbocycles. The molecule has 3 rings (SSSR count). The summed E-state index contributed by atoms with van der Waals surface area (Å²) in [5, 5.41) is 10.0. The highest BCUT2D eigenvalue weighted by Gasteiger charge is 2.38. The number of piperidine rings is 1. The fourth-order valence-electron chi connectivity index (χ4n) is 3.73. The van der Waals surface area contributed by atoms with Gasteiger partial charge in [-0.2, -0.15) is 13.2 Å². The Balaban J connectivity index is 0.000000673. The van der Waals surface area contributed by atoms with Gasteiger partial charge in [-0.05, 0) is 56.7 Å². The number of carbonyl (C=O) groups excluding carboxylic acids is 1. The third-order valence-electron chi connectivity index (χ3n) is 5.90. The number of nitrogens with one attached hydrogen (secondary N) is 1. The Kier molecular flexibility index (Phi) is 12.4. The number of carboxylic acids is 1. The van der Waals surface area contributed by atoms with Crippen LogP contribution in [0.25, 0.3) is 0 Å². The number of aliphatic carboxylic acids is 1. The molecule has 13 heteroatoms. The molecule has 216 valence electrons. The van der Waals surface area contributed by atoms with Crippen molar-refractivity contribution in [3.8, 4) is 5.75 Å². The first kappa shape index (κ1) is 31.7. The molecule has 0 radical (unpaired) electrons. The summed E-state index contributed by atoms with van der Waals surface area (Å²) in [4.78, 5) is 25.8. The Morgan fingerprint density at radius 1 is 1.10 bits per heavy atom. The van der Waals surface area contributed by atoms with Crippen LogP contribution in [0.3, 0.4) is 0 Å². The first-order valence-electron chi connectivity index (χ1n) is 12.2. The van der Waals surface area contributed by atoms with Crippen molar-refractivity contribution in [2.75, 3.05) is 33.4 Å². The van der Waals surface area contributed by atoms with Gasteiger partial charge < -0.3 is 25.0 Å². The van der Waals surface area contributed by atoms with Gasteiger partial charge in [0.2, 0.25) is 0 Å². The highest BCUT2D eigenvalue weighted by molar-refractivity contribution is 5.74. The molecule has 1 saturated heterocycles. The van der Waals surface area contributed by atoms with Crippen molar-refractivity contribution in [1.82, 2.24) is 15.1 Å². The van der Waals surface area contributed by atoms with E-state index >= 15 is 0 Å². The number of ether oxygens (including phenoxy) is 1. The molecule has 0 bridgehead atoms. The number of nitrogens with zero attached hydrogens (tertiary/aromatic N) is 2. The van der Waals surface area contributed by atoms with Crippen LogP contribution in [0.1, 0.15) is 30.4 Å². The van der Waals surface area contributed by atoms with Gasteiger partial charge in [0.25, 0.3) is 0 Å². The predicted molar refractivity (Wildman–Crippen MR) is 131 cm³/mol. The van der Waals surface area contributed by atoms with Crippen molar-refractivity contribution in [1.29, 1.82) is 0 Å². The van der Waals surface area contributed by atoms with Crippen molar-refractivity contribution in [3.63, 3.8) is 0 Å². The lowest BCUT2D eigenvalue weighted by Crippen LogP contribution is -2.49. The minimum atomic E-state index is -5.08. The predicted octanol–water partition coefficient (Wildman–Crippen LogP) is 5.14. The molecular weight excluding hydrogens is 532 g/mol. The normalized spacial score (nSPS) is 14.2. The standard InChI is InChI=1S/C24H30F3N3O2.C2HF3O2/c1-29-12-9-21(10-13-29)30(17-19-5-6-20(26)15-23(19)27)24(31)28-16-18-3-7-22(8-4-18)32-14-2-11-25;3-2(4,5)1(6)7/h3-8,15,21H,2,9-14,16-17H2,1H3,(H,28,31);(H,6,7). The molecule has 39 heavy (non-hydrogen) atoms. The first-order valence-corrected chi connectivity index (χ1v) is 12.2. The van der Waals surface area contributed by atoms with E-state index in [1.54, 1.807) is 17.0 Å². The van der Waals surface area contributed by atoms with Crippen molar-refractivity contribution >= 4 is 12.0 Å². The van der Waals surface area contributed by atoms with Crippen LogP contribution in [0.4, 0.5) is 31.1 Å². The van der Waals surface area contributed by atoms with E-state index in [0.29, 0.717) is 25.3 Å². The zero-order valence-electron chi connectivity index (χ0n) is 21.3. The molecule has 0 atom stereocenters. The summed E-state index contributed by atoms with van der Waals surface area (Å²) < 4.78 is 76.9. The molecule has 7 nitrogen and oxygen atoms in total. The molecule has 1 heterocycles. The maximum atomic E-state index is 14.3. The molecule has 1 aliphatic heterocycles. The molecule has 0 spiro atoms. The lowest BCUT2D eigenvalue weighted by molar-refractivity contribution is -0.192. The number of rotatable bonds is 9. The zero-order chi connectivity index (χ0) is 29.0. The van der Waals surface area contributed by atoms with Gasteiger partial charge in [0.05, 0.1) is 19.8 Å². The maximum absolute atomic E-state index is 14.3. The van der Waals surface area contributed by atoms with E-state index in [2.05, 4.69) is 10.2 Å². The zero-order valence-corrected chi connectivity index (χ0v) is 21.3. The van der Waals surface area contributed by atoms with Gasteiger partial charge in [-0.1, -0.05) is 18.2 Å². The Hall–Kier alpha value is -3.48. The van der Waals surface area contributed by atoms with E-state index in [9.17, 15) is 31.1 Å². The number of alkyl halides is 4. The first-order chi connectivity index (χ1) is 18.4. The van der Waals surface area contributed by atoms with Crippen LogP contribution in [-0.2, 0) is 17.9 Å². The van der Waals surface area contributed by atoms with Gasteiger partial charge in [-0.25, -0.2) is 18.4 Å². The highest BCUT2D eigenvalue weighted by atomic mass is 19.4. The third kappa shape index (κ3) is 11.0. The maximum Gasteiger partial charge on any atom is 0.490 e. The lowest BCUT2D eigenvalue weighted by atomic mass is 10.0. The van der Waals surface area contributed by atoms with Crippen molar-refractivity contribution in [2.45, 2.75) is 44.6 Å². The van der Waals surface area contributed by atoms with Gasteiger partial charge >= 0.3 is 18.2 Å². The number of hydrogen-bond acceptors (Lipinski definition) is 4. The number of likely N-dealkylation sites (tertiary alicyclic amines) is 1. The Morgan fingerprint density at radius 3 is 2.26 bits per heavy atom. The second kappa shape index (κ2) is 15.2. The van der Waals surface area contributed by atoms with E-state index in [1.165, 1.54) is 12.1 Å². The highest BCUT2D eigenvalue weighted by Crippen LogP contribution is 2.21. The fraction of sp³-hybridized carbons (Fsp3) is 0.462. The number of carboxylic acid groups (broad SMARTS) is 1. The topological polar surface area (TPSA) is 82.1 Å². The van der Waals surface area contributed by atoms with Gasteiger partial charge in [0, 0.05) is 30.6 Å². The van der Waals surface area contributed by atoms with Gasteiger partial charge in [-0.3, -0.25) is 4.39 Å². The van der Waals surface area contributed by atoms with E-state index in [4.69, 9.17) is 14.6 Å². The van der Waals surface area contributed by atoms with Crippen LogP contribution >= 0.6 is 0 Å². The van der Waals surface area contributed by atoms with E-state index in [1.807, 2.05) is 19.2 Å². The molecule has 2 N–H and O–H groups in total. The summed E-state index contributed by atoms with van der Waals surface area (Å²) >= 11 is 0. The van der Waals surface area contributed by atoms with Gasteiger partial charge in [-0.15, -0.1) is 0 Å². The van der Waals surface area contributed by atoms with Crippen LogP contribution in [0.5, 0.6) is 5.75 Å². The summed E-state index contributed by atoms with van der Waals surface area (Å²) in [5.41, 5.74) is 1.17. The average Bonchev–Trinajstić information content (AvgIpc) is 2.88. The van der Waals surface area contributed by atoms with Crippen molar-refractivity contribution in [3.05, 3.63) is 65.2 Å². The number of amides is 2. The minimum Gasteiger partial charge on any atom is -0.494 e. The number of halogens is 6. The van der Waals surface area contributed by atoms with Crippen molar-refractivity contribution < 1.29 is 45.8 Å². The van der Waals surface area contributed by atoms with Gasteiger partial charge in [0.1, 0.15) is 17.4 Å². The average molecular weight is 564 g/mol. The summed E-state index contributed by atoms with van der Waals surface area (Å²) in [6.45, 7) is 1.98. The molecule has 0 saturated carbocycles. The monoisotopic (exact) mass is 563 g/mol.